The standard InChI is InChI=1S/C30H22N4/c1-5-13-23(14-6-1)27-21-28(24-15-7-2-8-16-24)33-34-30(26-19-11-4-12-20-26)22-29(32-31-27)25-17-9-3-10-18-25/h1-22H. The topological polar surface area (TPSA) is 51.6 Å². The molecular formula is C30H22N4. The van der Waals surface area contributed by atoms with Gasteiger partial charge in [-0.25, -0.2) is 0 Å². The maximum Gasteiger partial charge on any atom is 0.0951 e. The van der Waals surface area contributed by atoms with Crippen molar-refractivity contribution in [3.63, 3.8) is 0 Å². The third-order valence-corrected chi connectivity index (χ3v) is 5.36. The maximum absolute atomic E-state index is 4.70. The van der Waals surface area contributed by atoms with Crippen LogP contribution in [0, 0.1) is 0 Å². The highest BCUT2D eigenvalue weighted by atomic mass is 15.1. The molecule has 5 rings (SSSR count). The third-order valence-electron chi connectivity index (χ3n) is 5.36. The van der Waals surface area contributed by atoms with Gasteiger partial charge in [0.15, 0.2) is 0 Å². The Kier molecular flexibility index (Phi) is 6.40. The van der Waals surface area contributed by atoms with E-state index in [2.05, 4.69) is 0 Å². The number of benzene rings is 4. The molecule has 4 nitrogen and oxygen atoms in total. The van der Waals surface area contributed by atoms with Gasteiger partial charge in [0.2, 0.25) is 0 Å². The third kappa shape index (κ3) is 5.03. The minimum absolute atomic E-state index is 0.711. The van der Waals surface area contributed by atoms with Crippen molar-refractivity contribution in [1.82, 2.24) is 20.4 Å². The summed E-state index contributed by atoms with van der Waals surface area (Å²) in [4.78, 5) is 0. The SMILES string of the molecule is c1ccc(-c2cc(-c3ccccc3)nnc(-c3ccccc3)cc(-c3ccccc3)nn2)cc1. The van der Waals surface area contributed by atoms with E-state index in [-0.39, 0.29) is 0 Å². The van der Waals surface area contributed by atoms with E-state index in [1.54, 1.807) is 0 Å². The van der Waals surface area contributed by atoms with Gasteiger partial charge in [-0.3, -0.25) is 0 Å². The first-order valence-electron chi connectivity index (χ1n) is 11.1. The second-order valence-corrected chi connectivity index (χ2v) is 7.69. The molecule has 0 N–H and O–H groups in total. The highest BCUT2D eigenvalue weighted by Crippen LogP contribution is 2.24. The van der Waals surface area contributed by atoms with Gasteiger partial charge in [-0.15, -0.1) is 20.4 Å². The van der Waals surface area contributed by atoms with E-state index in [0.717, 1.165) is 22.3 Å². The molecule has 34 heavy (non-hydrogen) atoms. The summed E-state index contributed by atoms with van der Waals surface area (Å²) in [5, 5.41) is 18.8. The molecule has 162 valence electrons. The van der Waals surface area contributed by atoms with Gasteiger partial charge in [0.1, 0.15) is 0 Å². The van der Waals surface area contributed by atoms with Gasteiger partial charge >= 0.3 is 0 Å². The average Bonchev–Trinajstić information content (AvgIpc) is 2.93. The molecular weight excluding hydrogens is 416 g/mol. The van der Waals surface area contributed by atoms with Crippen molar-refractivity contribution in [2.75, 3.05) is 0 Å². The van der Waals surface area contributed by atoms with E-state index in [0.29, 0.717) is 22.8 Å². The van der Waals surface area contributed by atoms with Crippen molar-refractivity contribution in [2.45, 2.75) is 0 Å². The summed E-state index contributed by atoms with van der Waals surface area (Å²) in [6, 6.07) is 43.9. The molecule has 5 aromatic rings. The Hall–Kier alpha value is -4.70. The number of nitrogens with zero attached hydrogens (tertiary/aromatic N) is 4. The fourth-order valence-electron chi connectivity index (χ4n) is 3.59. The Labute approximate surface area is 199 Å². The van der Waals surface area contributed by atoms with Crippen LogP contribution in [0.15, 0.2) is 133 Å². The van der Waals surface area contributed by atoms with Gasteiger partial charge in [0.05, 0.1) is 22.8 Å². The summed E-state index contributed by atoms with van der Waals surface area (Å²) >= 11 is 0. The normalized spacial score (nSPS) is 10.4. The lowest BCUT2D eigenvalue weighted by molar-refractivity contribution is 1.03. The van der Waals surface area contributed by atoms with Gasteiger partial charge in [-0.05, 0) is 12.1 Å². The molecule has 0 fully saturated rings. The Morgan fingerprint density at radius 2 is 0.471 bits per heavy atom. The molecule has 0 saturated heterocycles. The van der Waals surface area contributed by atoms with Crippen LogP contribution in [0.2, 0.25) is 0 Å². The molecule has 0 unspecified atom stereocenters. The van der Waals surface area contributed by atoms with Crippen molar-refractivity contribution in [2.24, 2.45) is 0 Å². The zero-order valence-electron chi connectivity index (χ0n) is 18.5. The first-order valence-corrected chi connectivity index (χ1v) is 11.1. The molecule has 0 radical (unpaired) electrons. The van der Waals surface area contributed by atoms with Crippen molar-refractivity contribution in [3.05, 3.63) is 133 Å². The molecule has 0 spiro atoms. The fourth-order valence-corrected chi connectivity index (χ4v) is 3.59. The molecule has 0 atom stereocenters. The number of hydrogen-bond acceptors (Lipinski definition) is 4. The van der Waals surface area contributed by atoms with Crippen LogP contribution in [-0.2, 0) is 0 Å². The largest absolute Gasteiger partial charge is 0.150 e. The van der Waals surface area contributed by atoms with Gasteiger partial charge < -0.3 is 0 Å². The molecule has 0 aliphatic carbocycles. The quantitative estimate of drug-likeness (QED) is 0.301. The highest BCUT2D eigenvalue weighted by Gasteiger charge is 2.07. The Balaban J connectivity index is 1.82. The van der Waals surface area contributed by atoms with Gasteiger partial charge in [0.25, 0.3) is 0 Å². The van der Waals surface area contributed by atoms with Crippen LogP contribution < -0.4 is 0 Å². The maximum atomic E-state index is 4.70. The summed E-state index contributed by atoms with van der Waals surface area (Å²) in [5.74, 6) is 0. The fraction of sp³-hybridized carbons (Fsp3) is 0. The zero-order valence-corrected chi connectivity index (χ0v) is 18.5. The monoisotopic (exact) mass is 438 g/mol. The first-order chi connectivity index (χ1) is 16.9. The Morgan fingerprint density at radius 3 is 0.676 bits per heavy atom. The van der Waals surface area contributed by atoms with Gasteiger partial charge in [-0.2, -0.15) is 0 Å². The van der Waals surface area contributed by atoms with Crippen LogP contribution in [0.3, 0.4) is 0 Å². The van der Waals surface area contributed by atoms with Crippen LogP contribution >= 0.6 is 0 Å². The molecule has 0 aliphatic rings. The molecule has 4 heteroatoms. The minimum atomic E-state index is 0.711. The van der Waals surface area contributed by atoms with Crippen LogP contribution in [0.25, 0.3) is 45.0 Å². The zero-order chi connectivity index (χ0) is 23.0. The molecule has 0 amide bonds. The van der Waals surface area contributed by atoms with E-state index < -0.39 is 0 Å². The smallest absolute Gasteiger partial charge is 0.0951 e. The lowest BCUT2D eigenvalue weighted by Crippen LogP contribution is -1.93. The van der Waals surface area contributed by atoms with E-state index in [4.69, 9.17) is 20.4 Å². The number of hydrogen-bond donors (Lipinski definition) is 0. The van der Waals surface area contributed by atoms with Crippen molar-refractivity contribution in [1.29, 1.82) is 0 Å². The molecule has 1 heterocycles. The van der Waals surface area contributed by atoms with Crippen LogP contribution in [0.1, 0.15) is 0 Å². The molecule has 4 aromatic carbocycles. The van der Waals surface area contributed by atoms with Gasteiger partial charge in [-0.1, -0.05) is 121 Å². The summed E-state index contributed by atoms with van der Waals surface area (Å²) in [5.41, 5.74) is 6.66. The van der Waals surface area contributed by atoms with E-state index in [9.17, 15) is 0 Å². The number of rotatable bonds is 4. The molecule has 0 bridgehead atoms. The van der Waals surface area contributed by atoms with Crippen LogP contribution in [0.4, 0.5) is 0 Å². The van der Waals surface area contributed by atoms with Crippen molar-refractivity contribution in [3.8, 4) is 45.0 Å². The average molecular weight is 439 g/mol. The lowest BCUT2D eigenvalue weighted by atomic mass is 10.1. The Bertz CT molecular complexity index is 1200. The lowest BCUT2D eigenvalue weighted by Gasteiger charge is -2.04. The highest BCUT2D eigenvalue weighted by molar-refractivity contribution is 5.69. The summed E-state index contributed by atoms with van der Waals surface area (Å²) in [6.45, 7) is 0. The minimum Gasteiger partial charge on any atom is -0.150 e. The van der Waals surface area contributed by atoms with Crippen molar-refractivity contribution < 1.29 is 0 Å². The van der Waals surface area contributed by atoms with E-state index >= 15 is 0 Å². The second kappa shape index (κ2) is 10.3. The Morgan fingerprint density at radius 1 is 0.265 bits per heavy atom. The first kappa shape index (κ1) is 21.2. The molecule has 0 saturated carbocycles. The van der Waals surface area contributed by atoms with Crippen LogP contribution in [0.5, 0.6) is 0 Å². The molecule has 1 aromatic heterocycles. The van der Waals surface area contributed by atoms with Gasteiger partial charge in [0, 0.05) is 22.3 Å². The predicted molar refractivity (Wildman–Crippen MR) is 137 cm³/mol. The summed E-state index contributed by atoms with van der Waals surface area (Å²) < 4.78 is 0. The van der Waals surface area contributed by atoms with Crippen LogP contribution in [-0.4, -0.2) is 20.4 Å². The predicted octanol–water partition coefficient (Wildman–Crippen LogP) is 7.06. The summed E-state index contributed by atoms with van der Waals surface area (Å²) in [7, 11) is 0. The summed E-state index contributed by atoms with van der Waals surface area (Å²) in [6.07, 6.45) is 0. The van der Waals surface area contributed by atoms with Crippen molar-refractivity contribution >= 4 is 0 Å². The van der Waals surface area contributed by atoms with E-state index in [1.807, 2.05) is 133 Å². The number of aromatic nitrogens is 4. The van der Waals surface area contributed by atoms with E-state index in [1.165, 1.54) is 0 Å². The second-order valence-electron chi connectivity index (χ2n) is 7.69. The molecule has 0 aliphatic heterocycles.